The fourth-order valence-corrected chi connectivity index (χ4v) is 3.74. The summed E-state index contributed by atoms with van der Waals surface area (Å²) in [5.74, 6) is 0.864. The fourth-order valence-electron chi connectivity index (χ4n) is 3.74. The highest BCUT2D eigenvalue weighted by molar-refractivity contribution is 5.80. The largest absolute Gasteiger partial charge is 0.467 e. The molecule has 2 aromatic heterocycles. The quantitative estimate of drug-likeness (QED) is 0.654. The summed E-state index contributed by atoms with van der Waals surface area (Å²) in [5.41, 5.74) is 2.04. The van der Waals surface area contributed by atoms with Crippen molar-refractivity contribution in [3.8, 4) is 5.69 Å². The minimum Gasteiger partial charge on any atom is -0.467 e. The molecule has 7 nitrogen and oxygen atoms in total. The molecule has 1 N–H and O–H groups in total. The monoisotopic (exact) mass is 406 g/mol. The number of aryl methyl sites for hydroxylation is 1. The number of benzene rings is 1. The molecule has 0 atom stereocenters. The number of carbonyl (C=O) groups excluding carboxylic acids is 2. The summed E-state index contributed by atoms with van der Waals surface area (Å²) in [7, 11) is 0. The van der Waals surface area contributed by atoms with Crippen molar-refractivity contribution in [3.63, 3.8) is 0 Å². The van der Waals surface area contributed by atoms with Gasteiger partial charge in [0.15, 0.2) is 0 Å². The number of nitrogens with one attached hydrogen (secondary N) is 1. The van der Waals surface area contributed by atoms with Crippen LogP contribution in [-0.2, 0) is 22.6 Å². The van der Waals surface area contributed by atoms with E-state index >= 15 is 0 Å². The predicted octanol–water partition coefficient (Wildman–Crippen LogP) is 2.95. The minimum absolute atomic E-state index is 0.0341. The van der Waals surface area contributed by atoms with Crippen molar-refractivity contribution in [2.24, 2.45) is 5.92 Å². The van der Waals surface area contributed by atoms with Crippen molar-refractivity contribution < 1.29 is 14.0 Å². The van der Waals surface area contributed by atoms with Crippen molar-refractivity contribution in [3.05, 3.63) is 72.4 Å². The Kier molecular flexibility index (Phi) is 6.27. The maximum absolute atomic E-state index is 12.6. The maximum atomic E-state index is 12.6. The van der Waals surface area contributed by atoms with Crippen LogP contribution in [0.3, 0.4) is 0 Å². The molecule has 3 heterocycles. The lowest BCUT2D eigenvalue weighted by Gasteiger charge is -2.31. The molecule has 1 aliphatic rings. The zero-order valence-electron chi connectivity index (χ0n) is 16.9. The Morgan fingerprint density at radius 2 is 1.90 bits per heavy atom. The zero-order valence-corrected chi connectivity index (χ0v) is 16.9. The maximum Gasteiger partial charge on any atom is 0.223 e. The van der Waals surface area contributed by atoms with E-state index in [1.54, 1.807) is 12.3 Å². The number of rotatable bonds is 7. The van der Waals surface area contributed by atoms with Gasteiger partial charge < -0.3 is 14.6 Å². The first-order valence-corrected chi connectivity index (χ1v) is 10.4. The van der Waals surface area contributed by atoms with Crippen molar-refractivity contribution >= 4 is 11.8 Å². The number of hydrogen-bond donors (Lipinski definition) is 1. The molecule has 0 saturated carbocycles. The summed E-state index contributed by atoms with van der Waals surface area (Å²) in [6, 6.07) is 13.6. The van der Waals surface area contributed by atoms with Gasteiger partial charge in [0.05, 0.1) is 24.7 Å². The number of para-hydroxylation sites is 1. The van der Waals surface area contributed by atoms with E-state index in [0.717, 1.165) is 17.0 Å². The molecule has 1 aromatic carbocycles. The first-order chi connectivity index (χ1) is 14.7. The van der Waals surface area contributed by atoms with Crippen LogP contribution in [0.15, 0.2) is 65.5 Å². The van der Waals surface area contributed by atoms with E-state index in [2.05, 4.69) is 10.4 Å². The van der Waals surface area contributed by atoms with Crippen LogP contribution >= 0.6 is 0 Å². The summed E-state index contributed by atoms with van der Waals surface area (Å²) in [6.07, 6.45) is 7.89. The predicted molar refractivity (Wildman–Crippen MR) is 112 cm³/mol. The molecule has 1 aliphatic heterocycles. The van der Waals surface area contributed by atoms with Gasteiger partial charge in [-0.25, -0.2) is 4.68 Å². The third-order valence-corrected chi connectivity index (χ3v) is 5.52. The topological polar surface area (TPSA) is 80.4 Å². The molecule has 0 unspecified atom stereocenters. The van der Waals surface area contributed by atoms with Gasteiger partial charge in [-0.15, -0.1) is 0 Å². The SMILES string of the molecule is O=C(NCc1ccco1)C1CCN(C(=O)CCc2cnn(-c3ccccc3)c2)CC1. The molecule has 0 spiro atoms. The third-order valence-electron chi connectivity index (χ3n) is 5.52. The normalized spacial score (nSPS) is 14.6. The average Bonchev–Trinajstić information content (AvgIpc) is 3.49. The molecule has 0 bridgehead atoms. The van der Waals surface area contributed by atoms with E-state index in [4.69, 9.17) is 4.42 Å². The fraction of sp³-hybridized carbons (Fsp3) is 0.348. The number of aromatic nitrogens is 2. The van der Waals surface area contributed by atoms with E-state index in [1.807, 2.05) is 58.4 Å². The van der Waals surface area contributed by atoms with E-state index in [1.165, 1.54) is 0 Å². The van der Waals surface area contributed by atoms with Crippen molar-refractivity contribution in [2.45, 2.75) is 32.2 Å². The van der Waals surface area contributed by atoms with Crippen LogP contribution in [0.5, 0.6) is 0 Å². The number of furan rings is 1. The molecule has 156 valence electrons. The molecular formula is C23H26N4O3. The molecule has 0 aliphatic carbocycles. The summed E-state index contributed by atoms with van der Waals surface area (Å²) in [4.78, 5) is 26.8. The lowest BCUT2D eigenvalue weighted by Crippen LogP contribution is -2.43. The lowest BCUT2D eigenvalue weighted by atomic mass is 9.95. The lowest BCUT2D eigenvalue weighted by molar-refractivity contribution is -0.135. The number of piperidine rings is 1. The molecule has 30 heavy (non-hydrogen) atoms. The Balaban J connectivity index is 1.20. The standard InChI is InChI=1S/C23H26N4O3/c28-22(9-8-18-15-25-27(17-18)20-5-2-1-3-6-20)26-12-10-19(11-13-26)23(29)24-16-21-7-4-14-30-21/h1-7,14-15,17,19H,8-13,16H2,(H,24,29). The van der Waals surface area contributed by atoms with Crippen molar-refractivity contribution in [2.75, 3.05) is 13.1 Å². The highest BCUT2D eigenvalue weighted by atomic mass is 16.3. The number of likely N-dealkylation sites (tertiary alicyclic amines) is 1. The van der Waals surface area contributed by atoms with Crippen LogP contribution in [0.25, 0.3) is 5.69 Å². The van der Waals surface area contributed by atoms with Crippen LogP contribution < -0.4 is 5.32 Å². The summed E-state index contributed by atoms with van der Waals surface area (Å²) < 4.78 is 7.06. The molecule has 2 amide bonds. The Morgan fingerprint density at radius 1 is 1.10 bits per heavy atom. The molecule has 4 rings (SSSR count). The van der Waals surface area contributed by atoms with Gasteiger partial charge in [0.25, 0.3) is 0 Å². The first kappa shape index (κ1) is 19.9. The summed E-state index contributed by atoms with van der Waals surface area (Å²) >= 11 is 0. The highest BCUT2D eigenvalue weighted by Gasteiger charge is 2.27. The number of hydrogen-bond acceptors (Lipinski definition) is 4. The van der Waals surface area contributed by atoms with Crippen molar-refractivity contribution in [1.82, 2.24) is 20.0 Å². The van der Waals surface area contributed by atoms with Gasteiger partial charge in [0.2, 0.25) is 11.8 Å². The summed E-state index contributed by atoms with van der Waals surface area (Å²) in [6.45, 7) is 1.66. The Labute approximate surface area is 175 Å². The Hall–Kier alpha value is -3.35. The van der Waals surface area contributed by atoms with Crippen LogP contribution in [0.2, 0.25) is 0 Å². The van der Waals surface area contributed by atoms with Crippen LogP contribution in [0.4, 0.5) is 0 Å². The second-order valence-corrected chi connectivity index (χ2v) is 7.58. The Morgan fingerprint density at radius 3 is 2.63 bits per heavy atom. The molecule has 1 fully saturated rings. The average molecular weight is 406 g/mol. The molecule has 3 aromatic rings. The minimum atomic E-state index is -0.0480. The number of carbonyl (C=O) groups is 2. The van der Waals surface area contributed by atoms with Gasteiger partial charge in [0, 0.05) is 31.6 Å². The summed E-state index contributed by atoms with van der Waals surface area (Å²) in [5, 5.41) is 7.30. The van der Waals surface area contributed by atoms with Crippen LogP contribution in [0, 0.1) is 5.92 Å². The third kappa shape index (κ3) is 4.97. The second-order valence-electron chi connectivity index (χ2n) is 7.58. The van der Waals surface area contributed by atoms with E-state index in [-0.39, 0.29) is 17.7 Å². The van der Waals surface area contributed by atoms with Crippen LogP contribution in [0.1, 0.15) is 30.6 Å². The van der Waals surface area contributed by atoms with Gasteiger partial charge in [-0.2, -0.15) is 5.10 Å². The van der Waals surface area contributed by atoms with Crippen molar-refractivity contribution in [1.29, 1.82) is 0 Å². The van der Waals surface area contributed by atoms with Gasteiger partial charge in [0.1, 0.15) is 5.76 Å². The first-order valence-electron chi connectivity index (χ1n) is 10.4. The molecule has 7 heteroatoms. The highest BCUT2D eigenvalue weighted by Crippen LogP contribution is 2.19. The second kappa shape index (κ2) is 9.43. The van der Waals surface area contributed by atoms with Gasteiger partial charge in [-0.1, -0.05) is 18.2 Å². The molecular weight excluding hydrogens is 380 g/mol. The van der Waals surface area contributed by atoms with E-state index in [9.17, 15) is 9.59 Å². The Bertz CT molecular complexity index is 958. The number of nitrogens with zero attached hydrogens (tertiary/aromatic N) is 3. The zero-order chi connectivity index (χ0) is 20.8. The van der Waals surface area contributed by atoms with Crippen LogP contribution in [-0.4, -0.2) is 39.6 Å². The number of amides is 2. The smallest absolute Gasteiger partial charge is 0.223 e. The van der Waals surface area contributed by atoms with Gasteiger partial charge >= 0.3 is 0 Å². The van der Waals surface area contributed by atoms with Gasteiger partial charge in [-0.3, -0.25) is 9.59 Å². The van der Waals surface area contributed by atoms with E-state index < -0.39 is 0 Å². The molecule has 0 radical (unpaired) electrons. The van der Waals surface area contributed by atoms with Gasteiger partial charge in [-0.05, 0) is 49.1 Å². The molecule has 1 saturated heterocycles. The van der Waals surface area contributed by atoms with E-state index in [0.29, 0.717) is 45.3 Å².